The highest BCUT2D eigenvalue weighted by Gasteiger charge is 2.11. The van der Waals surface area contributed by atoms with E-state index >= 15 is 0 Å². The number of thiocarbonyl (C=S) groups is 1. The van der Waals surface area contributed by atoms with Crippen molar-refractivity contribution in [2.75, 3.05) is 22.6 Å². The monoisotopic (exact) mass is 417 g/mol. The molecule has 0 saturated heterocycles. The molecule has 0 fully saturated rings. The fourth-order valence-electron chi connectivity index (χ4n) is 2.25. The van der Waals surface area contributed by atoms with Crippen LogP contribution in [0.4, 0.5) is 17.2 Å². The third-order valence-electron chi connectivity index (χ3n) is 3.73. The Morgan fingerprint density at radius 2 is 1.48 bits per heavy atom. The maximum absolute atomic E-state index is 5.90. The second-order valence-electron chi connectivity index (χ2n) is 5.69. The highest BCUT2D eigenvalue weighted by Crippen LogP contribution is 2.18. The molecule has 27 heavy (non-hydrogen) atoms. The second-order valence-corrected chi connectivity index (χ2v) is 6.95. The molecule has 0 saturated carbocycles. The lowest BCUT2D eigenvalue weighted by molar-refractivity contribution is 0.894. The van der Waals surface area contributed by atoms with E-state index in [1.54, 1.807) is 33.8 Å². The molecule has 0 atom stereocenters. The molecule has 3 aromatic rings. The fourth-order valence-corrected chi connectivity index (χ4v) is 2.71. The van der Waals surface area contributed by atoms with Crippen molar-refractivity contribution in [2.45, 2.75) is 0 Å². The molecular formula is C19H17Cl2N5S. The minimum absolute atomic E-state index is 0.513. The Morgan fingerprint density at radius 3 is 2.04 bits per heavy atom. The number of nitrogens with one attached hydrogen (secondary N) is 2. The van der Waals surface area contributed by atoms with E-state index in [1.165, 1.54) is 0 Å². The van der Waals surface area contributed by atoms with Gasteiger partial charge in [-0.25, -0.2) is 4.68 Å². The molecule has 0 bridgehead atoms. The zero-order chi connectivity index (χ0) is 19.4. The molecule has 2 N–H and O–H groups in total. The summed E-state index contributed by atoms with van der Waals surface area (Å²) in [5.41, 5.74) is 1.72. The number of nitrogens with zero attached hydrogens (tertiary/aromatic N) is 3. The first kappa shape index (κ1) is 19.2. The van der Waals surface area contributed by atoms with E-state index in [1.807, 2.05) is 43.6 Å². The Hall–Kier alpha value is -2.54. The predicted octanol–water partition coefficient (Wildman–Crippen LogP) is 5.56. The van der Waals surface area contributed by atoms with Gasteiger partial charge in [-0.3, -0.25) is 0 Å². The van der Waals surface area contributed by atoms with Crippen molar-refractivity contribution in [1.29, 1.82) is 0 Å². The van der Waals surface area contributed by atoms with Gasteiger partial charge in [-0.15, -0.1) is 5.10 Å². The first-order valence-electron chi connectivity index (χ1n) is 8.00. The molecule has 0 aliphatic carbocycles. The number of hydrogen-bond donors (Lipinski definition) is 2. The summed E-state index contributed by atoms with van der Waals surface area (Å²) in [6.45, 7) is 4.01. The van der Waals surface area contributed by atoms with Gasteiger partial charge in [0.15, 0.2) is 10.9 Å². The standard InChI is InChI=1S/C19H17Cl2N5S/c1-13(22-16-7-3-14(20)4-8-16)26-12-11-18(24-26)25(2)19(27)23-17-9-5-15(21)6-10-17/h3-12,22H,1H2,2H3,(H,23,27). The molecule has 0 unspecified atom stereocenters. The Labute approximate surface area is 173 Å². The molecule has 3 rings (SSSR count). The summed E-state index contributed by atoms with van der Waals surface area (Å²) in [5, 5.41) is 12.7. The Balaban J connectivity index is 1.64. The lowest BCUT2D eigenvalue weighted by atomic mass is 10.3. The zero-order valence-corrected chi connectivity index (χ0v) is 16.8. The van der Waals surface area contributed by atoms with Crippen LogP contribution in [0.25, 0.3) is 5.82 Å². The molecule has 1 aromatic heterocycles. The van der Waals surface area contributed by atoms with Gasteiger partial charge in [0.1, 0.15) is 5.82 Å². The van der Waals surface area contributed by atoms with Gasteiger partial charge in [0.25, 0.3) is 0 Å². The lowest BCUT2D eigenvalue weighted by Gasteiger charge is -2.18. The molecule has 1 heterocycles. The fraction of sp³-hybridized carbons (Fsp3) is 0.0526. The van der Waals surface area contributed by atoms with Crippen LogP contribution in [-0.4, -0.2) is 21.9 Å². The normalized spacial score (nSPS) is 10.3. The van der Waals surface area contributed by atoms with E-state index in [-0.39, 0.29) is 0 Å². The maximum atomic E-state index is 5.90. The van der Waals surface area contributed by atoms with Crippen LogP contribution in [0.2, 0.25) is 10.0 Å². The van der Waals surface area contributed by atoms with Crippen LogP contribution in [0.3, 0.4) is 0 Å². The Morgan fingerprint density at radius 1 is 0.963 bits per heavy atom. The highest BCUT2D eigenvalue weighted by molar-refractivity contribution is 7.80. The largest absolute Gasteiger partial charge is 0.341 e. The Kier molecular flexibility index (Phi) is 6.01. The van der Waals surface area contributed by atoms with Gasteiger partial charge in [0.05, 0.1) is 0 Å². The molecule has 0 aliphatic rings. The van der Waals surface area contributed by atoms with Crippen molar-refractivity contribution in [3.8, 4) is 0 Å². The molecule has 0 amide bonds. The topological polar surface area (TPSA) is 45.1 Å². The number of hydrogen-bond acceptors (Lipinski definition) is 3. The molecular weight excluding hydrogens is 401 g/mol. The minimum atomic E-state index is 0.513. The van der Waals surface area contributed by atoms with Crippen LogP contribution in [0.5, 0.6) is 0 Å². The first-order chi connectivity index (χ1) is 12.9. The average molecular weight is 418 g/mol. The number of halogens is 2. The van der Waals surface area contributed by atoms with Crippen LogP contribution < -0.4 is 15.5 Å². The van der Waals surface area contributed by atoms with Gasteiger partial charge in [0.2, 0.25) is 0 Å². The van der Waals surface area contributed by atoms with Gasteiger partial charge in [0, 0.05) is 40.7 Å². The summed E-state index contributed by atoms with van der Waals surface area (Å²) in [6.07, 6.45) is 1.81. The van der Waals surface area contributed by atoms with Gasteiger partial charge < -0.3 is 15.5 Å². The van der Waals surface area contributed by atoms with E-state index < -0.39 is 0 Å². The van der Waals surface area contributed by atoms with Gasteiger partial charge in [-0.05, 0) is 60.7 Å². The van der Waals surface area contributed by atoms with Crippen LogP contribution in [0, 0.1) is 0 Å². The van der Waals surface area contributed by atoms with Crippen LogP contribution >= 0.6 is 35.4 Å². The molecule has 5 nitrogen and oxygen atoms in total. The van der Waals surface area contributed by atoms with Crippen molar-refractivity contribution in [3.05, 3.63) is 77.4 Å². The van der Waals surface area contributed by atoms with Gasteiger partial charge in [-0.2, -0.15) is 0 Å². The quantitative estimate of drug-likeness (QED) is 0.531. The van der Waals surface area contributed by atoms with Crippen molar-refractivity contribution in [3.63, 3.8) is 0 Å². The molecule has 8 heteroatoms. The molecule has 0 radical (unpaired) electrons. The number of anilines is 3. The SMILES string of the molecule is C=C(Nc1ccc(Cl)cc1)n1ccc(N(C)C(=S)Nc2ccc(Cl)cc2)n1. The van der Waals surface area contributed by atoms with Crippen molar-refractivity contribution in [1.82, 2.24) is 9.78 Å². The van der Waals surface area contributed by atoms with E-state index in [0.717, 1.165) is 11.4 Å². The average Bonchev–Trinajstić information content (AvgIpc) is 3.15. The summed E-state index contributed by atoms with van der Waals surface area (Å²) in [6, 6.07) is 16.5. The molecule has 0 spiro atoms. The van der Waals surface area contributed by atoms with E-state index in [2.05, 4.69) is 22.3 Å². The first-order valence-corrected chi connectivity index (χ1v) is 9.16. The predicted molar refractivity (Wildman–Crippen MR) is 119 cm³/mol. The van der Waals surface area contributed by atoms with Crippen LogP contribution in [0.1, 0.15) is 0 Å². The maximum Gasteiger partial charge on any atom is 0.178 e. The molecule has 2 aromatic carbocycles. The molecule has 0 aliphatic heterocycles. The summed E-state index contributed by atoms with van der Waals surface area (Å²) in [7, 11) is 1.84. The van der Waals surface area contributed by atoms with Crippen molar-refractivity contribution in [2.24, 2.45) is 0 Å². The van der Waals surface area contributed by atoms with E-state index in [4.69, 9.17) is 35.4 Å². The van der Waals surface area contributed by atoms with E-state index in [9.17, 15) is 0 Å². The number of rotatable bonds is 5. The van der Waals surface area contributed by atoms with Crippen molar-refractivity contribution < 1.29 is 0 Å². The minimum Gasteiger partial charge on any atom is -0.341 e. The van der Waals surface area contributed by atoms with Gasteiger partial charge in [-0.1, -0.05) is 29.8 Å². The third kappa shape index (κ3) is 5.01. The smallest absolute Gasteiger partial charge is 0.178 e. The van der Waals surface area contributed by atoms with Crippen molar-refractivity contribution >= 4 is 63.5 Å². The zero-order valence-electron chi connectivity index (χ0n) is 14.5. The summed E-state index contributed by atoms with van der Waals surface area (Å²) in [5.74, 6) is 1.29. The van der Waals surface area contributed by atoms with Gasteiger partial charge >= 0.3 is 0 Å². The summed E-state index contributed by atoms with van der Waals surface area (Å²) in [4.78, 5) is 1.77. The summed E-state index contributed by atoms with van der Waals surface area (Å²) < 4.78 is 1.64. The highest BCUT2D eigenvalue weighted by atomic mass is 35.5. The second kappa shape index (κ2) is 8.43. The third-order valence-corrected chi connectivity index (χ3v) is 4.61. The summed E-state index contributed by atoms with van der Waals surface area (Å²) >= 11 is 17.2. The van der Waals surface area contributed by atoms with Crippen LogP contribution in [-0.2, 0) is 0 Å². The number of benzene rings is 2. The Bertz CT molecular complexity index is 951. The lowest BCUT2D eigenvalue weighted by Crippen LogP contribution is -2.31. The number of aromatic nitrogens is 2. The molecule has 138 valence electrons. The van der Waals surface area contributed by atoms with Crippen LogP contribution in [0.15, 0.2) is 67.4 Å². The van der Waals surface area contributed by atoms with E-state index in [0.29, 0.717) is 26.8 Å².